The number of hydrogen-bond donors (Lipinski definition) is 0. The molecule has 3 heterocycles. The van der Waals surface area contributed by atoms with Crippen LogP contribution in [-0.2, 0) is 13.2 Å². The van der Waals surface area contributed by atoms with E-state index in [1.165, 1.54) is 18.3 Å². The minimum absolute atomic E-state index is 0.114. The van der Waals surface area contributed by atoms with Crippen LogP contribution in [0.25, 0.3) is 22.8 Å². The molecule has 0 N–H and O–H groups in total. The standard InChI is InChI=1S/C12H7BrF3N5/c1-21-10(20-9-11(21)19-8(13)5-17-9)6-3-2-4-7(18-6)12(14,15)16/h2-5H,1H3. The summed E-state index contributed by atoms with van der Waals surface area (Å²) in [5.41, 5.74) is -0.0501. The molecular weight excluding hydrogens is 351 g/mol. The van der Waals surface area contributed by atoms with Crippen molar-refractivity contribution in [1.82, 2.24) is 24.5 Å². The van der Waals surface area contributed by atoms with Crippen molar-refractivity contribution in [2.24, 2.45) is 7.05 Å². The molecule has 0 aliphatic heterocycles. The maximum Gasteiger partial charge on any atom is 0.433 e. The number of pyridine rings is 1. The summed E-state index contributed by atoms with van der Waals surface area (Å²) >= 11 is 3.19. The Kier molecular flexibility index (Phi) is 3.16. The lowest BCUT2D eigenvalue weighted by molar-refractivity contribution is -0.141. The van der Waals surface area contributed by atoms with Crippen LogP contribution in [-0.4, -0.2) is 24.5 Å². The number of imidazole rings is 1. The Morgan fingerprint density at radius 2 is 1.90 bits per heavy atom. The quantitative estimate of drug-likeness (QED) is 0.670. The molecule has 21 heavy (non-hydrogen) atoms. The highest BCUT2D eigenvalue weighted by atomic mass is 79.9. The number of alkyl halides is 3. The molecule has 0 aliphatic rings. The van der Waals surface area contributed by atoms with Crippen molar-refractivity contribution in [1.29, 1.82) is 0 Å². The van der Waals surface area contributed by atoms with Gasteiger partial charge in [-0.05, 0) is 28.1 Å². The summed E-state index contributed by atoms with van der Waals surface area (Å²) in [6, 6.07) is 3.67. The van der Waals surface area contributed by atoms with Crippen LogP contribution in [0.4, 0.5) is 13.2 Å². The lowest BCUT2D eigenvalue weighted by Gasteiger charge is -2.07. The van der Waals surface area contributed by atoms with Crippen molar-refractivity contribution in [3.05, 3.63) is 34.7 Å². The highest BCUT2D eigenvalue weighted by molar-refractivity contribution is 9.10. The van der Waals surface area contributed by atoms with E-state index in [1.807, 2.05) is 0 Å². The zero-order valence-electron chi connectivity index (χ0n) is 10.6. The monoisotopic (exact) mass is 357 g/mol. The molecule has 3 rings (SSSR count). The summed E-state index contributed by atoms with van der Waals surface area (Å²) in [7, 11) is 1.65. The first-order valence-corrected chi connectivity index (χ1v) is 6.55. The van der Waals surface area contributed by atoms with E-state index in [1.54, 1.807) is 11.6 Å². The van der Waals surface area contributed by atoms with E-state index in [2.05, 4.69) is 35.9 Å². The molecule has 3 aromatic heterocycles. The van der Waals surface area contributed by atoms with Crippen molar-refractivity contribution in [3.63, 3.8) is 0 Å². The second-order valence-electron chi connectivity index (χ2n) is 4.24. The fourth-order valence-electron chi connectivity index (χ4n) is 1.88. The second-order valence-corrected chi connectivity index (χ2v) is 5.05. The highest BCUT2D eigenvalue weighted by Crippen LogP contribution is 2.29. The van der Waals surface area contributed by atoms with Crippen molar-refractivity contribution in [2.75, 3.05) is 0 Å². The van der Waals surface area contributed by atoms with Crippen molar-refractivity contribution >= 4 is 27.2 Å². The lowest BCUT2D eigenvalue weighted by Crippen LogP contribution is -2.08. The van der Waals surface area contributed by atoms with Crippen molar-refractivity contribution in [2.45, 2.75) is 6.18 Å². The predicted octanol–water partition coefficient (Wildman–Crippen LogP) is 3.21. The Labute approximate surface area is 125 Å². The van der Waals surface area contributed by atoms with Crippen LogP contribution in [0.3, 0.4) is 0 Å². The van der Waals surface area contributed by atoms with E-state index in [0.717, 1.165) is 6.07 Å². The van der Waals surface area contributed by atoms with E-state index in [0.29, 0.717) is 15.9 Å². The molecule has 5 nitrogen and oxygen atoms in total. The van der Waals surface area contributed by atoms with Crippen molar-refractivity contribution in [3.8, 4) is 11.5 Å². The molecule has 0 amide bonds. The molecule has 0 radical (unpaired) electrons. The Balaban J connectivity index is 2.19. The van der Waals surface area contributed by atoms with Gasteiger partial charge in [0.15, 0.2) is 17.1 Å². The van der Waals surface area contributed by atoms with Crippen LogP contribution in [0.15, 0.2) is 29.0 Å². The highest BCUT2D eigenvalue weighted by Gasteiger charge is 2.32. The zero-order chi connectivity index (χ0) is 15.2. The van der Waals surface area contributed by atoms with Crippen LogP contribution in [0.1, 0.15) is 5.69 Å². The van der Waals surface area contributed by atoms with Gasteiger partial charge in [0.05, 0.1) is 6.20 Å². The number of rotatable bonds is 1. The maximum atomic E-state index is 12.7. The second kappa shape index (κ2) is 4.76. The van der Waals surface area contributed by atoms with Gasteiger partial charge >= 0.3 is 6.18 Å². The van der Waals surface area contributed by atoms with E-state index in [9.17, 15) is 13.2 Å². The summed E-state index contributed by atoms with van der Waals surface area (Å²) in [6.45, 7) is 0. The van der Waals surface area contributed by atoms with Crippen LogP contribution in [0.2, 0.25) is 0 Å². The summed E-state index contributed by atoms with van der Waals surface area (Å²) in [6.07, 6.45) is -3.03. The molecule has 0 unspecified atom stereocenters. The third-order valence-electron chi connectivity index (χ3n) is 2.82. The number of nitrogens with zero attached hydrogens (tertiary/aromatic N) is 5. The molecule has 0 aromatic carbocycles. The zero-order valence-corrected chi connectivity index (χ0v) is 12.1. The van der Waals surface area contributed by atoms with Crippen LogP contribution in [0, 0.1) is 0 Å². The molecule has 0 aliphatic carbocycles. The number of fused-ring (bicyclic) bond motifs is 1. The number of aromatic nitrogens is 5. The smallest absolute Gasteiger partial charge is 0.309 e. The summed E-state index contributed by atoms with van der Waals surface area (Å²) in [5, 5.41) is 0. The first kappa shape index (κ1) is 13.9. The summed E-state index contributed by atoms with van der Waals surface area (Å²) < 4.78 is 40.2. The lowest BCUT2D eigenvalue weighted by atomic mass is 10.3. The largest absolute Gasteiger partial charge is 0.433 e. The normalized spacial score (nSPS) is 12.0. The molecule has 0 spiro atoms. The third-order valence-corrected chi connectivity index (χ3v) is 3.20. The molecular formula is C12H7BrF3N5. The van der Waals surface area contributed by atoms with Gasteiger partial charge in [0.25, 0.3) is 0 Å². The van der Waals surface area contributed by atoms with Gasteiger partial charge in [-0.1, -0.05) is 6.07 Å². The van der Waals surface area contributed by atoms with Gasteiger partial charge in [-0.25, -0.2) is 19.9 Å². The SMILES string of the molecule is Cn1c(-c2cccc(C(F)(F)F)n2)nc2ncc(Br)nc21. The average molecular weight is 358 g/mol. The Morgan fingerprint density at radius 1 is 1.14 bits per heavy atom. The van der Waals surface area contributed by atoms with E-state index >= 15 is 0 Å². The van der Waals surface area contributed by atoms with Gasteiger partial charge < -0.3 is 4.57 Å². The minimum Gasteiger partial charge on any atom is -0.309 e. The first-order chi connectivity index (χ1) is 9.86. The Bertz CT molecular complexity index is 827. The maximum absolute atomic E-state index is 12.7. The van der Waals surface area contributed by atoms with Gasteiger partial charge in [0.1, 0.15) is 16.0 Å². The summed E-state index contributed by atoms with van der Waals surface area (Å²) in [4.78, 5) is 16.1. The molecule has 0 saturated carbocycles. The summed E-state index contributed by atoms with van der Waals surface area (Å²) in [5.74, 6) is 0.272. The fraction of sp³-hybridized carbons (Fsp3) is 0.167. The molecule has 9 heteroatoms. The minimum atomic E-state index is -4.50. The van der Waals surface area contributed by atoms with Gasteiger partial charge in [-0.3, -0.25) is 0 Å². The van der Waals surface area contributed by atoms with Gasteiger partial charge in [0, 0.05) is 7.05 Å². The molecule has 0 fully saturated rings. The van der Waals surface area contributed by atoms with Crippen LogP contribution >= 0.6 is 15.9 Å². The third kappa shape index (κ3) is 2.48. The van der Waals surface area contributed by atoms with Gasteiger partial charge in [-0.15, -0.1) is 0 Å². The molecule has 3 aromatic rings. The number of aryl methyl sites for hydroxylation is 1. The first-order valence-electron chi connectivity index (χ1n) is 5.76. The average Bonchev–Trinajstić information content (AvgIpc) is 2.75. The van der Waals surface area contributed by atoms with Crippen molar-refractivity contribution < 1.29 is 13.2 Å². The van der Waals surface area contributed by atoms with Crippen LogP contribution < -0.4 is 0 Å². The Morgan fingerprint density at radius 3 is 2.62 bits per heavy atom. The van der Waals surface area contributed by atoms with Gasteiger partial charge in [0.2, 0.25) is 0 Å². The molecule has 0 bridgehead atoms. The fourth-order valence-corrected chi connectivity index (χ4v) is 2.15. The van der Waals surface area contributed by atoms with Gasteiger partial charge in [-0.2, -0.15) is 13.2 Å². The number of halogens is 4. The molecule has 0 saturated heterocycles. The number of hydrogen-bond acceptors (Lipinski definition) is 4. The predicted molar refractivity (Wildman–Crippen MR) is 72.2 cm³/mol. The van der Waals surface area contributed by atoms with E-state index in [4.69, 9.17) is 0 Å². The van der Waals surface area contributed by atoms with Crippen LogP contribution in [0.5, 0.6) is 0 Å². The topological polar surface area (TPSA) is 56.5 Å². The Hall–Kier alpha value is -2.03. The molecule has 0 atom stereocenters. The van der Waals surface area contributed by atoms with E-state index < -0.39 is 11.9 Å². The van der Waals surface area contributed by atoms with E-state index in [-0.39, 0.29) is 11.5 Å². The molecule has 108 valence electrons.